The fraction of sp³-hybridized carbons (Fsp3) is 0.393. The van der Waals surface area contributed by atoms with Crippen LogP contribution in [0.5, 0.6) is 5.75 Å². The van der Waals surface area contributed by atoms with E-state index in [2.05, 4.69) is 34.5 Å². The van der Waals surface area contributed by atoms with Gasteiger partial charge in [0.2, 0.25) is 5.91 Å². The average Bonchev–Trinajstić information content (AvgIpc) is 2.84. The summed E-state index contributed by atoms with van der Waals surface area (Å²) in [4.78, 5) is 15.5. The Hall–Kier alpha value is -2.89. The van der Waals surface area contributed by atoms with Crippen molar-refractivity contribution >= 4 is 22.4 Å². The number of aliphatic hydroxyl groups is 1. The van der Waals surface area contributed by atoms with Gasteiger partial charge in [-0.05, 0) is 48.4 Å². The minimum atomic E-state index is -0.647. The molecule has 172 valence electrons. The number of likely N-dealkylation sites (tertiary alicyclic amines) is 1. The van der Waals surface area contributed by atoms with Crippen molar-refractivity contribution < 1.29 is 14.6 Å². The van der Waals surface area contributed by atoms with Crippen molar-refractivity contribution in [2.45, 2.75) is 43.7 Å². The maximum Gasteiger partial charge on any atom is 0.238 e. The van der Waals surface area contributed by atoms with Crippen LogP contribution in [0.3, 0.4) is 0 Å². The van der Waals surface area contributed by atoms with Crippen LogP contribution in [0.4, 0.5) is 5.69 Å². The molecule has 5 nitrogen and oxygen atoms in total. The van der Waals surface area contributed by atoms with Crippen molar-refractivity contribution in [3.8, 4) is 5.75 Å². The fourth-order valence-electron chi connectivity index (χ4n) is 5.87. The van der Waals surface area contributed by atoms with Gasteiger partial charge in [-0.15, -0.1) is 0 Å². The molecule has 2 N–H and O–H groups in total. The summed E-state index contributed by atoms with van der Waals surface area (Å²) in [7, 11) is 1.67. The fourth-order valence-corrected chi connectivity index (χ4v) is 5.87. The first kappa shape index (κ1) is 21.9. The Bertz CT molecular complexity index is 1120. The SMILES string of the molecule is COc1ccc([C@@H]2[C@H]3CCCC[C@@]3(O)CCN2CC(=O)Nc2cccc3ccccc23)cc1. The van der Waals surface area contributed by atoms with Gasteiger partial charge in [0.25, 0.3) is 0 Å². The van der Waals surface area contributed by atoms with E-state index in [1.807, 2.05) is 42.5 Å². The third-order valence-electron chi connectivity index (χ3n) is 7.54. The first-order chi connectivity index (χ1) is 16.1. The standard InChI is InChI=1S/C28H32N2O3/c1-33-22-14-12-21(13-15-22)27-24-10-4-5-16-28(24,32)17-18-30(27)19-26(31)29-25-11-6-8-20-7-2-3-9-23(20)25/h2-3,6-9,11-15,24,27,32H,4-5,10,16-19H2,1H3,(H,29,31)/t24-,27-,28-/m1/s1. The topological polar surface area (TPSA) is 61.8 Å². The van der Waals surface area contributed by atoms with Crippen molar-refractivity contribution in [2.75, 3.05) is 25.5 Å². The number of nitrogens with zero attached hydrogens (tertiary/aromatic N) is 1. The van der Waals surface area contributed by atoms with E-state index in [0.29, 0.717) is 19.5 Å². The lowest BCUT2D eigenvalue weighted by Gasteiger charge is -2.52. The van der Waals surface area contributed by atoms with E-state index in [1.165, 1.54) is 0 Å². The van der Waals surface area contributed by atoms with E-state index in [9.17, 15) is 9.90 Å². The van der Waals surface area contributed by atoms with Gasteiger partial charge in [-0.3, -0.25) is 9.69 Å². The Morgan fingerprint density at radius 3 is 2.67 bits per heavy atom. The lowest BCUT2D eigenvalue weighted by atomic mass is 9.66. The Morgan fingerprint density at radius 2 is 1.85 bits per heavy atom. The van der Waals surface area contributed by atoms with E-state index < -0.39 is 5.60 Å². The van der Waals surface area contributed by atoms with Crippen LogP contribution in [0.1, 0.15) is 43.7 Å². The van der Waals surface area contributed by atoms with Gasteiger partial charge in [0, 0.05) is 29.6 Å². The third kappa shape index (κ3) is 4.35. The molecule has 0 unspecified atom stereocenters. The first-order valence-electron chi connectivity index (χ1n) is 12.0. The summed E-state index contributed by atoms with van der Waals surface area (Å²) in [6.07, 6.45) is 4.74. The number of methoxy groups -OCH3 is 1. The van der Waals surface area contributed by atoms with Gasteiger partial charge >= 0.3 is 0 Å². The minimum absolute atomic E-state index is 0.00761. The zero-order valence-electron chi connectivity index (χ0n) is 19.2. The first-order valence-corrected chi connectivity index (χ1v) is 12.0. The lowest BCUT2D eigenvalue weighted by Crippen LogP contribution is -2.56. The van der Waals surface area contributed by atoms with Crippen molar-refractivity contribution in [2.24, 2.45) is 5.92 Å². The molecule has 2 fully saturated rings. The largest absolute Gasteiger partial charge is 0.497 e. The van der Waals surface area contributed by atoms with E-state index in [1.54, 1.807) is 7.11 Å². The Balaban J connectivity index is 1.40. The zero-order chi connectivity index (χ0) is 22.8. The Labute approximate surface area is 195 Å². The highest BCUT2D eigenvalue weighted by Gasteiger charge is 2.49. The van der Waals surface area contributed by atoms with Crippen LogP contribution >= 0.6 is 0 Å². The van der Waals surface area contributed by atoms with Crippen LogP contribution < -0.4 is 10.1 Å². The number of benzene rings is 3. The number of anilines is 1. The Morgan fingerprint density at radius 1 is 1.06 bits per heavy atom. The number of fused-ring (bicyclic) bond motifs is 2. The second kappa shape index (κ2) is 9.16. The van der Waals surface area contributed by atoms with Gasteiger partial charge in [0.1, 0.15) is 5.75 Å². The molecule has 3 aromatic rings. The molecule has 0 bridgehead atoms. The molecule has 1 aliphatic heterocycles. The number of amides is 1. The number of ether oxygens (including phenoxy) is 1. The third-order valence-corrected chi connectivity index (χ3v) is 7.54. The number of hydrogen-bond acceptors (Lipinski definition) is 4. The molecule has 3 aromatic carbocycles. The van der Waals surface area contributed by atoms with Crippen molar-refractivity contribution in [3.05, 3.63) is 72.3 Å². The van der Waals surface area contributed by atoms with Crippen LogP contribution in [-0.2, 0) is 4.79 Å². The molecule has 1 amide bonds. The number of hydrogen-bond donors (Lipinski definition) is 2. The number of rotatable bonds is 5. The molecular weight excluding hydrogens is 412 g/mol. The molecule has 0 radical (unpaired) electrons. The molecule has 0 spiro atoms. The van der Waals surface area contributed by atoms with Crippen molar-refractivity contribution in [1.82, 2.24) is 4.90 Å². The van der Waals surface area contributed by atoms with Gasteiger partial charge < -0.3 is 15.2 Å². The Kier molecular flexibility index (Phi) is 6.09. The average molecular weight is 445 g/mol. The van der Waals surface area contributed by atoms with Gasteiger partial charge in [-0.25, -0.2) is 0 Å². The summed E-state index contributed by atoms with van der Waals surface area (Å²) < 4.78 is 5.35. The quantitative estimate of drug-likeness (QED) is 0.571. The molecule has 1 saturated heterocycles. The highest BCUT2D eigenvalue weighted by atomic mass is 16.5. The van der Waals surface area contributed by atoms with Crippen LogP contribution in [0, 0.1) is 5.92 Å². The predicted octanol–water partition coefficient (Wildman–Crippen LogP) is 5.16. The number of piperidine rings is 1. The van der Waals surface area contributed by atoms with Crippen LogP contribution in [0.25, 0.3) is 10.8 Å². The number of carbonyl (C=O) groups is 1. The highest BCUT2D eigenvalue weighted by molar-refractivity contribution is 6.02. The van der Waals surface area contributed by atoms with Gasteiger partial charge in [0.05, 0.1) is 19.3 Å². The molecule has 3 atom stereocenters. The summed E-state index contributed by atoms with van der Waals surface area (Å²) in [5.74, 6) is 0.915. The second-order valence-electron chi connectivity index (χ2n) is 9.47. The minimum Gasteiger partial charge on any atom is -0.497 e. The van der Waals surface area contributed by atoms with E-state index >= 15 is 0 Å². The lowest BCUT2D eigenvalue weighted by molar-refractivity contribution is -0.135. The van der Waals surface area contributed by atoms with Gasteiger partial charge in [0.15, 0.2) is 0 Å². The molecule has 1 aliphatic carbocycles. The monoisotopic (exact) mass is 444 g/mol. The number of nitrogens with one attached hydrogen (secondary N) is 1. The van der Waals surface area contributed by atoms with Crippen LogP contribution in [0.2, 0.25) is 0 Å². The molecular formula is C28H32N2O3. The van der Waals surface area contributed by atoms with Gasteiger partial charge in [-0.2, -0.15) is 0 Å². The molecule has 2 aliphatic rings. The van der Waals surface area contributed by atoms with Crippen molar-refractivity contribution in [3.63, 3.8) is 0 Å². The maximum absolute atomic E-state index is 13.2. The summed E-state index contributed by atoms with van der Waals surface area (Å²) in [6.45, 7) is 0.999. The summed E-state index contributed by atoms with van der Waals surface area (Å²) in [5, 5.41) is 16.8. The van der Waals surface area contributed by atoms with E-state index in [4.69, 9.17) is 4.74 Å². The summed E-state index contributed by atoms with van der Waals surface area (Å²) >= 11 is 0. The molecule has 1 saturated carbocycles. The van der Waals surface area contributed by atoms with Crippen LogP contribution in [0.15, 0.2) is 66.7 Å². The van der Waals surface area contributed by atoms with Crippen LogP contribution in [-0.4, -0.2) is 41.7 Å². The molecule has 5 heteroatoms. The maximum atomic E-state index is 13.2. The van der Waals surface area contributed by atoms with Crippen molar-refractivity contribution in [1.29, 1.82) is 0 Å². The highest BCUT2D eigenvalue weighted by Crippen LogP contribution is 2.49. The van der Waals surface area contributed by atoms with E-state index in [0.717, 1.165) is 53.5 Å². The smallest absolute Gasteiger partial charge is 0.238 e. The summed E-state index contributed by atoms with van der Waals surface area (Å²) in [5.41, 5.74) is 1.33. The van der Waals surface area contributed by atoms with E-state index in [-0.39, 0.29) is 17.9 Å². The molecule has 33 heavy (non-hydrogen) atoms. The zero-order valence-corrected chi connectivity index (χ0v) is 19.2. The molecule has 5 rings (SSSR count). The van der Waals surface area contributed by atoms with Gasteiger partial charge in [-0.1, -0.05) is 61.4 Å². The molecule has 1 heterocycles. The number of carbonyl (C=O) groups excluding carboxylic acids is 1. The normalized spacial score (nSPS) is 25.4. The predicted molar refractivity (Wildman–Crippen MR) is 131 cm³/mol. The molecule has 0 aromatic heterocycles. The summed E-state index contributed by atoms with van der Waals surface area (Å²) in [6, 6.07) is 22.2. The second-order valence-corrected chi connectivity index (χ2v) is 9.47.